The van der Waals surface area contributed by atoms with Gasteiger partial charge in [-0.05, 0) is 36.4 Å². The lowest BCUT2D eigenvalue weighted by atomic mass is 9.89. The lowest BCUT2D eigenvalue weighted by Crippen LogP contribution is -2.35. The first-order valence-electron chi connectivity index (χ1n) is 6.26. The van der Waals surface area contributed by atoms with Crippen molar-refractivity contribution in [2.24, 2.45) is 11.7 Å². The molecule has 1 heterocycles. The van der Waals surface area contributed by atoms with Gasteiger partial charge in [0.25, 0.3) is 0 Å². The summed E-state index contributed by atoms with van der Waals surface area (Å²) in [6, 6.07) is 8.73. The number of hydrogen-bond donors (Lipinski definition) is 1. The molecule has 1 atom stereocenters. The van der Waals surface area contributed by atoms with Gasteiger partial charge in [0.05, 0.1) is 0 Å². The molecule has 0 aromatic heterocycles. The number of fused-ring (bicyclic) bond motifs is 1. The van der Waals surface area contributed by atoms with Crippen LogP contribution in [0.3, 0.4) is 0 Å². The number of para-hydroxylation sites is 1. The Morgan fingerprint density at radius 2 is 2.12 bits per heavy atom. The third-order valence-electron chi connectivity index (χ3n) is 3.33. The van der Waals surface area contributed by atoms with Gasteiger partial charge in [-0.3, -0.25) is 0 Å². The second kappa shape index (κ2) is 4.88. The van der Waals surface area contributed by atoms with Gasteiger partial charge >= 0.3 is 0 Å². The largest absolute Gasteiger partial charge is 0.371 e. The highest BCUT2D eigenvalue weighted by molar-refractivity contribution is 5.57. The Bertz CT molecular complexity index is 346. The van der Waals surface area contributed by atoms with Crippen LogP contribution in [-0.2, 0) is 0 Å². The van der Waals surface area contributed by atoms with Crippen LogP contribution >= 0.6 is 0 Å². The number of nitrogens with zero attached hydrogens (tertiary/aromatic N) is 1. The fraction of sp³-hybridized carbons (Fsp3) is 0.571. The van der Waals surface area contributed by atoms with Crippen molar-refractivity contribution in [3.05, 3.63) is 29.8 Å². The minimum absolute atomic E-state index is 0.555. The molecule has 1 unspecified atom stereocenters. The van der Waals surface area contributed by atoms with Crippen LogP contribution in [0.4, 0.5) is 5.69 Å². The van der Waals surface area contributed by atoms with E-state index in [4.69, 9.17) is 5.73 Å². The molecule has 0 saturated carbocycles. The summed E-state index contributed by atoms with van der Waals surface area (Å²) in [5, 5.41) is 0. The zero-order valence-electron chi connectivity index (χ0n) is 10.3. The summed E-state index contributed by atoms with van der Waals surface area (Å²) in [7, 11) is 0. The molecule has 0 amide bonds. The highest BCUT2D eigenvalue weighted by atomic mass is 15.1. The Morgan fingerprint density at radius 3 is 2.81 bits per heavy atom. The fourth-order valence-corrected chi connectivity index (χ4v) is 2.58. The highest BCUT2D eigenvalue weighted by Gasteiger charge is 2.23. The zero-order valence-corrected chi connectivity index (χ0v) is 10.3. The molecule has 2 rings (SSSR count). The van der Waals surface area contributed by atoms with Crippen molar-refractivity contribution >= 4 is 5.69 Å². The van der Waals surface area contributed by atoms with Crippen LogP contribution in [0.25, 0.3) is 0 Å². The van der Waals surface area contributed by atoms with E-state index in [1.54, 1.807) is 0 Å². The van der Waals surface area contributed by atoms with E-state index in [9.17, 15) is 0 Å². The highest BCUT2D eigenvalue weighted by Crippen LogP contribution is 2.34. The van der Waals surface area contributed by atoms with E-state index in [-0.39, 0.29) is 0 Å². The molecule has 0 fully saturated rings. The lowest BCUT2D eigenvalue weighted by Gasteiger charge is -2.36. The molecule has 1 aromatic carbocycles. The molecular formula is C14H22N2. The second-order valence-corrected chi connectivity index (χ2v) is 5.12. The first-order valence-corrected chi connectivity index (χ1v) is 6.26. The van der Waals surface area contributed by atoms with E-state index in [0.717, 1.165) is 19.6 Å². The van der Waals surface area contributed by atoms with Crippen LogP contribution in [-0.4, -0.2) is 19.6 Å². The van der Waals surface area contributed by atoms with E-state index < -0.39 is 0 Å². The molecule has 0 saturated heterocycles. The normalized spacial score (nSPS) is 20.0. The predicted octanol–water partition coefficient (Wildman–Crippen LogP) is 2.60. The third kappa shape index (κ3) is 2.22. The van der Waals surface area contributed by atoms with Crippen LogP contribution in [0, 0.1) is 5.92 Å². The summed E-state index contributed by atoms with van der Waals surface area (Å²) in [6.07, 6.45) is 1.19. The molecule has 0 spiro atoms. The summed E-state index contributed by atoms with van der Waals surface area (Å²) < 4.78 is 0. The van der Waals surface area contributed by atoms with E-state index in [1.807, 2.05) is 0 Å². The quantitative estimate of drug-likeness (QED) is 0.845. The molecule has 16 heavy (non-hydrogen) atoms. The number of nitrogens with two attached hydrogens (primary N) is 1. The number of benzene rings is 1. The summed E-state index contributed by atoms with van der Waals surface area (Å²) in [5.41, 5.74) is 8.69. The van der Waals surface area contributed by atoms with Crippen molar-refractivity contribution in [1.82, 2.24) is 0 Å². The maximum atomic E-state index is 5.85. The zero-order chi connectivity index (χ0) is 11.5. The van der Waals surface area contributed by atoms with Crippen LogP contribution in [0.1, 0.15) is 31.7 Å². The van der Waals surface area contributed by atoms with Gasteiger partial charge < -0.3 is 10.6 Å². The molecule has 0 bridgehead atoms. The third-order valence-corrected chi connectivity index (χ3v) is 3.33. The molecule has 1 aliphatic heterocycles. The topological polar surface area (TPSA) is 29.3 Å². The Morgan fingerprint density at radius 1 is 1.38 bits per heavy atom. The summed E-state index contributed by atoms with van der Waals surface area (Å²) >= 11 is 0. The summed E-state index contributed by atoms with van der Waals surface area (Å²) in [5.74, 6) is 1.27. The van der Waals surface area contributed by atoms with Crippen LogP contribution in [0.15, 0.2) is 24.3 Å². The molecule has 1 aromatic rings. The average Bonchev–Trinajstić information content (AvgIpc) is 2.29. The second-order valence-electron chi connectivity index (χ2n) is 5.12. The van der Waals surface area contributed by atoms with Crippen molar-refractivity contribution in [1.29, 1.82) is 0 Å². The van der Waals surface area contributed by atoms with Crippen molar-refractivity contribution < 1.29 is 0 Å². The van der Waals surface area contributed by atoms with Crippen LogP contribution in [0.5, 0.6) is 0 Å². The van der Waals surface area contributed by atoms with Gasteiger partial charge in [-0.25, -0.2) is 0 Å². The predicted molar refractivity (Wildman–Crippen MR) is 69.9 cm³/mol. The molecule has 1 aliphatic rings. The maximum absolute atomic E-state index is 5.85. The van der Waals surface area contributed by atoms with Crippen molar-refractivity contribution in [2.45, 2.75) is 26.2 Å². The molecular weight excluding hydrogens is 196 g/mol. The average molecular weight is 218 g/mol. The first-order chi connectivity index (χ1) is 7.72. The van der Waals surface area contributed by atoms with E-state index >= 15 is 0 Å². The Kier molecular flexibility index (Phi) is 3.49. The molecule has 2 N–H and O–H groups in total. The summed E-state index contributed by atoms with van der Waals surface area (Å²) in [6.45, 7) is 7.62. The smallest absolute Gasteiger partial charge is 0.0402 e. The summed E-state index contributed by atoms with van der Waals surface area (Å²) in [4.78, 5) is 2.51. The SMILES string of the molecule is CC(C)CN1CCC(CN)c2ccccc21. The van der Waals surface area contributed by atoms with Crippen LogP contribution in [0.2, 0.25) is 0 Å². The Labute approximate surface area is 98.4 Å². The molecule has 2 heteroatoms. The van der Waals surface area contributed by atoms with Crippen LogP contribution < -0.4 is 10.6 Å². The van der Waals surface area contributed by atoms with Crippen molar-refractivity contribution in [3.8, 4) is 0 Å². The molecule has 88 valence electrons. The Hall–Kier alpha value is -1.02. The number of hydrogen-bond acceptors (Lipinski definition) is 2. The molecule has 2 nitrogen and oxygen atoms in total. The van der Waals surface area contributed by atoms with E-state index in [2.05, 4.69) is 43.0 Å². The van der Waals surface area contributed by atoms with Gasteiger partial charge in [0, 0.05) is 18.8 Å². The van der Waals surface area contributed by atoms with Gasteiger partial charge in [0.2, 0.25) is 0 Å². The number of rotatable bonds is 3. The number of anilines is 1. The van der Waals surface area contributed by atoms with Gasteiger partial charge in [-0.1, -0.05) is 32.0 Å². The van der Waals surface area contributed by atoms with Crippen molar-refractivity contribution in [2.75, 3.05) is 24.5 Å². The van der Waals surface area contributed by atoms with Gasteiger partial charge in [0.15, 0.2) is 0 Å². The maximum Gasteiger partial charge on any atom is 0.0402 e. The monoisotopic (exact) mass is 218 g/mol. The van der Waals surface area contributed by atoms with Gasteiger partial charge in [-0.2, -0.15) is 0 Å². The van der Waals surface area contributed by atoms with Gasteiger partial charge in [-0.15, -0.1) is 0 Å². The van der Waals surface area contributed by atoms with Gasteiger partial charge in [0.1, 0.15) is 0 Å². The minimum atomic E-state index is 0.555. The van der Waals surface area contributed by atoms with E-state index in [0.29, 0.717) is 11.8 Å². The molecule has 0 radical (unpaired) electrons. The Balaban J connectivity index is 2.27. The standard InChI is InChI=1S/C14H22N2/c1-11(2)10-16-8-7-12(9-15)13-5-3-4-6-14(13)16/h3-6,11-12H,7-10,15H2,1-2H3. The lowest BCUT2D eigenvalue weighted by molar-refractivity contribution is 0.540. The molecule has 0 aliphatic carbocycles. The van der Waals surface area contributed by atoms with Crippen molar-refractivity contribution in [3.63, 3.8) is 0 Å². The first kappa shape index (κ1) is 11.5. The van der Waals surface area contributed by atoms with E-state index in [1.165, 1.54) is 17.7 Å². The fourth-order valence-electron chi connectivity index (χ4n) is 2.58. The minimum Gasteiger partial charge on any atom is -0.371 e.